The predicted octanol–water partition coefficient (Wildman–Crippen LogP) is 4.53. The first-order valence-electron chi connectivity index (χ1n) is 8.02. The van der Waals surface area contributed by atoms with Gasteiger partial charge in [-0.1, -0.05) is 32.9 Å². The molecule has 0 aliphatic heterocycles. The minimum atomic E-state index is -0.629. The Morgan fingerprint density at radius 1 is 1.04 bits per heavy atom. The number of carbonyl (C=O) groups excluding carboxylic acids is 1. The van der Waals surface area contributed by atoms with Gasteiger partial charge in [-0.3, -0.25) is 4.79 Å². The highest BCUT2D eigenvalue weighted by Crippen LogP contribution is 2.29. The Morgan fingerprint density at radius 2 is 1.64 bits per heavy atom. The molecule has 2 rings (SSSR count). The summed E-state index contributed by atoms with van der Waals surface area (Å²) >= 11 is 0. The molecule has 134 valence electrons. The summed E-state index contributed by atoms with van der Waals surface area (Å²) in [6.45, 7) is 6.16. The third kappa shape index (κ3) is 5.45. The molecular formula is C19H23F2N3O. The Morgan fingerprint density at radius 3 is 2.24 bits per heavy atom. The lowest BCUT2D eigenvalue weighted by atomic mass is 9.92. The molecule has 0 saturated heterocycles. The summed E-state index contributed by atoms with van der Waals surface area (Å²) in [4.78, 5) is 12.0. The van der Waals surface area contributed by atoms with Gasteiger partial charge in [0.1, 0.15) is 5.82 Å². The summed E-state index contributed by atoms with van der Waals surface area (Å²) in [5.74, 6) is -1.17. The zero-order valence-corrected chi connectivity index (χ0v) is 14.6. The molecule has 1 amide bonds. The van der Waals surface area contributed by atoms with E-state index in [0.717, 1.165) is 5.56 Å². The normalized spacial score (nSPS) is 11.2. The highest BCUT2D eigenvalue weighted by Gasteiger charge is 2.18. The van der Waals surface area contributed by atoms with Crippen molar-refractivity contribution >= 4 is 23.0 Å². The van der Waals surface area contributed by atoms with Gasteiger partial charge in [0.15, 0.2) is 5.82 Å². The molecule has 25 heavy (non-hydrogen) atoms. The number of nitrogens with one attached hydrogen (secondary N) is 2. The van der Waals surface area contributed by atoms with E-state index in [4.69, 9.17) is 5.73 Å². The molecule has 4 N–H and O–H groups in total. The highest BCUT2D eigenvalue weighted by molar-refractivity contribution is 5.94. The van der Waals surface area contributed by atoms with E-state index in [9.17, 15) is 13.6 Å². The lowest BCUT2D eigenvalue weighted by Gasteiger charge is -2.18. The summed E-state index contributed by atoms with van der Waals surface area (Å²) in [6.07, 6.45) is 0.304. The van der Waals surface area contributed by atoms with Crippen LogP contribution in [0.3, 0.4) is 0 Å². The molecule has 0 spiro atoms. The second-order valence-electron chi connectivity index (χ2n) is 7.15. The van der Waals surface area contributed by atoms with Crippen LogP contribution in [0.25, 0.3) is 0 Å². The second-order valence-corrected chi connectivity index (χ2v) is 7.15. The minimum absolute atomic E-state index is 0.119. The van der Waals surface area contributed by atoms with Crippen LogP contribution in [0.2, 0.25) is 0 Å². The van der Waals surface area contributed by atoms with Gasteiger partial charge in [-0.15, -0.1) is 0 Å². The SMILES string of the molecule is CC(C)(C)CC(=O)Nc1ccc(NCc2ccc(F)cc2)c(F)c1N. The first-order chi connectivity index (χ1) is 11.7. The van der Waals surface area contributed by atoms with Crippen molar-refractivity contribution in [1.82, 2.24) is 0 Å². The van der Waals surface area contributed by atoms with Crippen LogP contribution >= 0.6 is 0 Å². The van der Waals surface area contributed by atoms with E-state index in [1.54, 1.807) is 18.2 Å². The fourth-order valence-corrected chi connectivity index (χ4v) is 2.31. The quantitative estimate of drug-likeness (QED) is 0.696. The van der Waals surface area contributed by atoms with Crippen LogP contribution in [0.4, 0.5) is 25.8 Å². The molecule has 0 unspecified atom stereocenters. The maximum Gasteiger partial charge on any atom is 0.224 e. The average Bonchev–Trinajstić information content (AvgIpc) is 2.51. The van der Waals surface area contributed by atoms with Gasteiger partial charge in [0.2, 0.25) is 5.91 Å². The third-order valence-corrected chi connectivity index (χ3v) is 3.54. The third-order valence-electron chi connectivity index (χ3n) is 3.54. The zero-order chi connectivity index (χ0) is 18.6. The van der Waals surface area contributed by atoms with Crippen LogP contribution in [-0.4, -0.2) is 5.91 Å². The fraction of sp³-hybridized carbons (Fsp3) is 0.316. The van der Waals surface area contributed by atoms with Crippen LogP contribution in [0.5, 0.6) is 0 Å². The Kier molecular flexibility index (Phi) is 5.62. The topological polar surface area (TPSA) is 67.2 Å². The standard InChI is InChI=1S/C19H23F2N3O/c1-19(2,3)10-16(25)24-15-9-8-14(17(21)18(15)22)23-11-12-4-6-13(20)7-5-12/h4-9,23H,10-11,22H2,1-3H3,(H,24,25). The van der Waals surface area contributed by atoms with Crippen molar-refractivity contribution in [3.63, 3.8) is 0 Å². The van der Waals surface area contributed by atoms with Crippen molar-refractivity contribution in [2.45, 2.75) is 33.7 Å². The van der Waals surface area contributed by atoms with Crippen LogP contribution in [0.15, 0.2) is 36.4 Å². The molecule has 0 bridgehead atoms. The molecule has 0 saturated carbocycles. The van der Waals surface area contributed by atoms with Crippen LogP contribution in [0.1, 0.15) is 32.8 Å². The van der Waals surface area contributed by atoms with Gasteiger partial charge in [0.25, 0.3) is 0 Å². The molecule has 0 radical (unpaired) electrons. The van der Waals surface area contributed by atoms with E-state index >= 15 is 0 Å². The molecule has 0 aliphatic carbocycles. The first-order valence-corrected chi connectivity index (χ1v) is 8.02. The van der Waals surface area contributed by atoms with Crippen LogP contribution in [0, 0.1) is 17.0 Å². The number of anilines is 3. The number of rotatable bonds is 5. The molecule has 0 heterocycles. The number of hydrogen-bond acceptors (Lipinski definition) is 3. The van der Waals surface area contributed by atoms with Crippen molar-refractivity contribution in [3.8, 4) is 0 Å². The predicted molar refractivity (Wildman–Crippen MR) is 97.2 cm³/mol. The van der Waals surface area contributed by atoms with Gasteiger partial charge in [-0.25, -0.2) is 8.78 Å². The number of hydrogen-bond donors (Lipinski definition) is 3. The average molecular weight is 347 g/mol. The van der Waals surface area contributed by atoms with Crippen molar-refractivity contribution in [2.75, 3.05) is 16.4 Å². The number of benzene rings is 2. The second kappa shape index (κ2) is 7.51. The summed E-state index contributed by atoms with van der Waals surface area (Å²) < 4.78 is 27.3. The fourth-order valence-electron chi connectivity index (χ4n) is 2.31. The van der Waals surface area contributed by atoms with Gasteiger partial charge >= 0.3 is 0 Å². The van der Waals surface area contributed by atoms with Gasteiger partial charge in [-0.2, -0.15) is 0 Å². The summed E-state index contributed by atoms with van der Waals surface area (Å²) in [5, 5.41) is 5.56. The highest BCUT2D eigenvalue weighted by atomic mass is 19.1. The van der Waals surface area contributed by atoms with E-state index in [2.05, 4.69) is 10.6 Å². The van der Waals surface area contributed by atoms with E-state index in [1.165, 1.54) is 18.2 Å². The van der Waals surface area contributed by atoms with E-state index in [0.29, 0.717) is 13.0 Å². The number of nitrogens with two attached hydrogens (primary N) is 1. The smallest absolute Gasteiger partial charge is 0.224 e. The van der Waals surface area contributed by atoms with Gasteiger partial charge in [0.05, 0.1) is 17.1 Å². The Balaban J connectivity index is 2.06. The largest absolute Gasteiger partial charge is 0.395 e. The molecule has 2 aromatic rings. The number of nitrogen functional groups attached to an aromatic ring is 1. The van der Waals surface area contributed by atoms with Crippen molar-refractivity contribution in [3.05, 3.63) is 53.6 Å². The molecule has 0 atom stereocenters. The van der Waals surface area contributed by atoms with Crippen LogP contribution in [-0.2, 0) is 11.3 Å². The summed E-state index contributed by atoms with van der Waals surface area (Å²) in [7, 11) is 0. The van der Waals surface area contributed by atoms with E-state index in [1.807, 2.05) is 20.8 Å². The summed E-state index contributed by atoms with van der Waals surface area (Å²) in [6, 6.07) is 8.99. The molecule has 2 aromatic carbocycles. The number of amides is 1. The van der Waals surface area contributed by atoms with E-state index < -0.39 is 5.82 Å². The Labute approximate surface area is 146 Å². The van der Waals surface area contributed by atoms with Crippen molar-refractivity contribution in [1.29, 1.82) is 0 Å². The molecule has 0 aromatic heterocycles. The van der Waals surface area contributed by atoms with Gasteiger partial charge in [0, 0.05) is 13.0 Å². The monoisotopic (exact) mass is 347 g/mol. The minimum Gasteiger partial charge on any atom is -0.395 e. The Hall–Kier alpha value is -2.63. The van der Waals surface area contributed by atoms with Crippen LogP contribution < -0.4 is 16.4 Å². The number of carbonyl (C=O) groups is 1. The molecule has 0 aliphatic rings. The maximum atomic E-state index is 14.4. The van der Waals surface area contributed by atoms with Crippen molar-refractivity contribution in [2.24, 2.45) is 5.41 Å². The molecule has 6 heteroatoms. The summed E-state index contributed by atoms with van der Waals surface area (Å²) in [5.41, 5.74) is 6.79. The first kappa shape index (κ1) is 18.7. The lowest BCUT2D eigenvalue weighted by molar-refractivity contribution is -0.117. The maximum absolute atomic E-state index is 14.4. The Bertz CT molecular complexity index is 752. The lowest BCUT2D eigenvalue weighted by Crippen LogP contribution is -2.20. The molecular weight excluding hydrogens is 324 g/mol. The number of halogens is 2. The van der Waals surface area contributed by atoms with Crippen molar-refractivity contribution < 1.29 is 13.6 Å². The van der Waals surface area contributed by atoms with Gasteiger partial charge in [-0.05, 0) is 35.2 Å². The van der Waals surface area contributed by atoms with E-state index in [-0.39, 0.29) is 34.2 Å². The van der Waals surface area contributed by atoms with Gasteiger partial charge < -0.3 is 16.4 Å². The zero-order valence-electron chi connectivity index (χ0n) is 14.6. The molecule has 4 nitrogen and oxygen atoms in total. The molecule has 0 fully saturated rings.